The van der Waals surface area contributed by atoms with Crippen LogP contribution in [0.2, 0.25) is 0 Å². The lowest BCUT2D eigenvalue weighted by atomic mass is 9.72. The van der Waals surface area contributed by atoms with Gasteiger partial charge in [0.05, 0.1) is 9.79 Å². The van der Waals surface area contributed by atoms with E-state index in [4.69, 9.17) is 0 Å². The summed E-state index contributed by atoms with van der Waals surface area (Å²) in [6.45, 7) is 22.5. The molecule has 0 fully saturated rings. The molecular formula is C28H42O2S. The van der Waals surface area contributed by atoms with Crippen LogP contribution in [0.5, 0.6) is 11.5 Å². The molecule has 0 atom stereocenters. The number of benzene rings is 2. The van der Waals surface area contributed by atoms with E-state index in [0.29, 0.717) is 0 Å². The van der Waals surface area contributed by atoms with Crippen molar-refractivity contribution in [1.82, 2.24) is 0 Å². The van der Waals surface area contributed by atoms with Gasteiger partial charge in [0, 0.05) is 0 Å². The highest BCUT2D eigenvalue weighted by Gasteiger charge is 2.33. The Morgan fingerprint density at radius 3 is 1.19 bits per heavy atom. The summed E-state index contributed by atoms with van der Waals surface area (Å²) in [5.41, 5.74) is 2.32. The van der Waals surface area contributed by atoms with E-state index in [1.807, 2.05) is 12.1 Å². The average molecular weight is 443 g/mol. The van der Waals surface area contributed by atoms with Gasteiger partial charge in [-0.05, 0) is 57.8 Å². The molecule has 0 aliphatic carbocycles. The summed E-state index contributed by atoms with van der Waals surface area (Å²) < 4.78 is 0. The van der Waals surface area contributed by atoms with Crippen molar-refractivity contribution in [2.24, 2.45) is 10.8 Å². The van der Waals surface area contributed by atoms with Crippen LogP contribution in [0, 0.1) is 10.8 Å². The summed E-state index contributed by atoms with van der Waals surface area (Å²) in [5.74, 6) is 0.541. The first-order chi connectivity index (χ1) is 13.9. The van der Waals surface area contributed by atoms with Crippen molar-refractivity contribution in [3.63, 3.8) is 0 Å². The largest absolute Gasteiger partial charge is 0.507 e. The molecule has 0 bridgehead atoms. The van der Waals surface area contributed by atoms with Crippen LogP contribution in [-0.4, -0.2) is 10.2 Å². The summed E-state index contributed by atoms with van der Waals surface area (Å²) in [6, 6.07) is 11.6. The standard InChI is InChI=1S/C28H42O2S/c1-25(2,3)17-27(7,8)19-13-11-15-21(29)23(19)31-24-20(14-12-16-22(24)30)28(9,10)18-26(4,5)6/h11-16,29-30H,17-18H2,1-10H3. The molecule has 0 aliphatic heterocycles. The van der Waals surface area contributed by atoms with E-state index in [1.165, 1.54) is 11.8 Å². The second kappa shape index (κ2) is 8.73. The van der Waals surface area contributed by atoms with E-state index < -0.39 is 0 Å². The summed E-state index contributed by atoms with van der Waals surface area (Å²) in [4.78, 5) is 1.68. The fourth-order valence-electron chi connectivity index (χ4n) is 5.27. The molecule has 0 heterocycles. The average Bonchev–Trinajstić information content (AvgIpc) is 2.53. The molecule has 172 valence electrons. The van der Waals surface area contributed by atoms with E-state index >= 15 is 0 Å². The van der Waals surface area contributed by atoms with Gasteiger partial charge >= 0.3 is 0 Å². The first-order valence-electron chi connectivity index (χ1n) is 11.3. The smallest absolute Gasteiger partial charge is 0.129 e. The Hall–Kier alpha value is -1.61. The monoisotopic (exact) mass is 442 g/mol. The minimum Gasteiger partial charge on any atom is -0.507 e. The third-order valence-electron chi connectivity index (χ3n) is 5.60. The van der Waals surface area contributed by atoms with Gasteiger partial charge in [-0.15, -0.1) is 0 Å². The van der Waals surface area contributed by atoms with Crippen LogP contribution in [0.15, 0.2) is 46.2 Å². The lowest BCUT2D eigenvalue weighted by Gasteiger charge is -2.36. The highest BCUT2D eigenvalue weighted by atomic mass is 32.2. The van der Waals surface area contributed by atoms with Crippen molar-refractivity contribution in [2.75, 3.05) is 0 Å². The fourth-order valence-corrected chi connectivity index (χ4v) is 6.73. The molecule has 0 saturated carbocycles. The number of rotatable bonds is 6. The highest BCUT2D eigenvalue weighted by molar-refractivity contribution is 7.99. The highest BCUT2D eigenvalue weighted by Crippen LogP contribution is 2.50. The number of hydrogen-bond donors (Lipinski definition) is 2. The Balaban J connectivity index is 2.61. The maximum Gasteiger partial charge on any atom is 0.129 e. The van der Waals surface area contributed by atoms with E-state index in [9.17, 15) is 10.2 Å². The molecule has 0 aliphatic rings. The van der Waals surface area contributed by atoms with E-state index in [1.54, 1.807) is 12.1 Å². The first-order valence-corrected chi connectivity index (χ1v) is 12.1. The van der Waals surface area contributed by atoms with E-state index in [-0.39, 0.29) is 33.2 Å². The molecule has 0 radical (unpaired) electrons. The molecule has 3 heteroatoms. The predicted molar refractivity (Wildman–Crippen MR) is 135 cm³/mol. The molecule has 2 nitrogen and oxygen atoms in total. The SMILES string of the molecule is CC(C)(C)CC(C)(C)c1cccc(O)c1Sc1c(O)cccc1C(C)(C)CC(C)(C)C. The van der Waals surface area contributed by atoms with Crippen molar-refractivity contribution >= 4 is 11.8 Å². The normalized spacial score (nSPS) is 13.5. The van der Waals surface area contributed by atoms with Crippen molar-refractivity contribution < 1.29 is 10.2 Å². The van der Waals surface area contributed by atoms with Gasteiger partial charge in [-0.2, -0.15) is 0 Å². The minimum absolute atomic E-state index is 0.120. The minimum atomic E-state index is -0.120. The molecule has 0 aromatic heterocycles. The van der Waals surface area contributed by atoms with Crippen LogP contribution < -0.4 is 0 Å². The predicted octanol–water partition coefficient (Wildman–Crippen LogP) is 8.68. The molecule has 0 unspecified atom stereocenters. The van der Waals surface area contributed by atoms with E-state index in [0.717, 1.165) is 33.8 Å². The quantitative estimate of drug-likeness (QED) is 0.470. The maximum absolute atomic E-state index is 10.9. The molecule has 2 rings (SSSR count). The molecule has 31 heavy (non-hydrogen) atoms. The van der Waals surface area contributed by atoms with Crippen LogP contribution in [0.25, 0.3) is 0 Å². The van der Waals surface area contributed by atoms with Crippen molar-refractivity contribution in [2.45, 2.75) is 103 Å². The Morgan fingerprint density at radius 1 is 0.581 bits per heavy atom. The van der Waals surface area contributed by atoms with Crippen LogP contribution in [0.1, 0.15) is 93.2 Å². The zero-order valence-corrected chi connectivity index (χ0v) is 22.0. The zero-order chi connectivity index (χ0) is 23.8. The van der Waals surface area contributed by atoms with Gasteiger partial charge in [-0.25, -0.2) is 0 Å². The molecule has 2 aromatic carbocycles. The maximum atomic E-state index is 10.9. The second-order valence-electron chi connectivity index (χ2n) is 12.7. The van der Waals surface area contributed by atoms with Gasteiger partial charge < -0.3 is 10.2 Å². The lowest BCUT2D eigenvalue weighted by molar-refractivity contribution is 0.280. The molecule has 0 spiro atoms. The van der Waals surface area contributed by atoms with Crippen LogP contribution in [0.3, 0.4) is 0 Å². The topological polar surface area (TPSA) is 40.5 Å². The van der Waals surface area contributed by atoms with Crippen LogP contribution >= 0.6 is 11.8 Å². The van der Waals surface area contributed by atoms with Crippen molar-refractivity contribution in [3.8, 4) is 11.5 Å². The molecule has 0 saturated heterocycles. The van der Waals surface area contributed by atoms with Crippen molar-refractivity contribution in [1.29, 1.82) is 0 Å². The Labute approximate surface area is 194 Å². The summed E-state index contributed by atoms with van der Waals surface area (Å²) in [7, 11) is 0. The number of phenols is 2. The number of aromatic hydroxyl groups is 2. The van der Waals surface area contributed by atoms with Crippen LogP contribution in [-0.2, 0) is 10.8 Å². The van der Waals surface area contributed by atoms with Crippen molar-refractivity contribution in [3.05, 3.63) is 47.5 Å². The fraction of sp³-hybridized carbons (Fsp3) is 0.571. The van der Waals surface area contributed by atoms with Gasteiger partial charge in [0.2, 0.25) is 0 Å². The van der Waals surface area contributed by atoms with Gasteiger partial charge in [0.25, 0.3) is 0 Å². The summed E-state index contributed by atoms with van der Waals surface area (Å²) in [6.07, 6.45) is 1.97. The van der Waals surface area contributed by atoms with E-state index in [2.05, 4.69) is 81.4 Å². The first kappa shape index (κ1) is 25.6. The second-order valence-corrected chi connectivity index (χ2v) is 13.7. The summed E-state index contributed by atoms with van der Waals surface area (Å²) >= 11 is 1.50. The van der Waals surface area contributed by atoms with Gasteiger partial charge in [-0.1, -0.05) is 105 Å². The third kappa shape index (κ3) is 6.68. The van der Waals surface area contributed by atoms with Gasteiger partial charge in [0.15, 0.2) is 0 Å². The lowest BCUT2D eigenvalue weighted by Crippen LogP contribution is -2.26. The van der Waals surface area contributed by atoms with Crippen LogP contribution in [0.4, 0.5) is 0 Å². The Kier molecular flexibility index (Phi) is 7.22. The third-order valence-corrected chi connectivity index (χ3v) is 6.86. The number of phenolic OH excluding ortho intramolecular Hbond substituents is 2. The number of hydrogen-bond acceptors (Lipinski definition) is 3. The van der Waals surface area contributed by atoms with Gasteiger partial charge in [-0.3, -0.25) is 0 Å². The zero-order valence-electron chi connectivity index (χ0n) is 21.2. The molecule has 2 N–H and O–H groups in total. The Bertz CT molecular complexity index is 836. The molecule has 0 amide bonds. The Morgan fingerprint density at radius 2 is 0.903 bits per heavy atom. The molecule has 2 aromatic rings. The summed E-state index contributed by atoms with van der Waals surface area (Å²) in [5, 5.41) is 21.8. The molecular weight excluding hydrogens is 400 g/mol. The van der Waals surface area contributed by atoms with Gasteiger partial charge in [0.1, 0.15) is 11.5 Å².